The smallest absolute Gasteiger partial charge is 0.330 e. The lowest BCUT2D eigenvalue weighted by molar-refractivity contribution is -0.116. The van der Waals surface area contributed by atoms with Gasteiger partial charge in [0.05, 0.1) is 12.1 Å². The van der Waals surface area contributed by atoms with Crippen LogP contribution in [0, 0.1) is 5.82 Å². The lowest BCUT2D eigenvalue weighted by Gasteiger charge is -2.04. The maximum Gasteiger partial charge on any atom is 0.330 e. The molecule has 0 aliphatic heterocycles. The van der Waals surface area contributed by atoms with Crippen LogP contribution in [0.5, 0.6) is 0 Å². The molecule has 3 aromatic heterocycles. The lowest BCUT2D eigenvalue weighted by Crippen LogP contribution is -2.31. The number of benzene rings is 1. The van der Waals surface area contributed by atoms with E-state index in [4.69, 9.17) is 0 Å². The third-order valence-electron chi connectivity index (χ3n) is 4.61. The number of nitrogens with one attached hydrogen (secondary N) is 1. The molecule has 8 heteroatoms. The highest BCUT2D eigenvalue weighted by molar-refractivity contribution is 7.10. The van der Waals surface area contributed by atoms with Crippen molar-refractivity contribution in [1.29, 1.82) is 0 Å². The highest BCUT2D eigenvalue weighted by atomic mass is 32.1. The first kappa shape index (κ1) is 19.8. The molecule has 0 saturated carbocycles. The molecule has 1 N–H and O–H groups in total. The van der Waals surface area contributed by atoms with Gasteiger partial charge in [0.2, 0.25) is 5.91 Å². The number of carbonyl (C=O) groups is 1. The van der Waals surface area contributed by atoms with Crippen molar-refractivity contribution in [3.05, 3.63) is 92.9 Å². The SMILES string of the molecule is O=C(/C=C/c1cccs1)NCCn1c(=O)n(Cc2ccc(F)cc2)c2cccnc21. The van der Waals surface area contributed by atoms with Gasteiger partial charge in [-0.2, -0.15) is 0 Å². The molecular formula is C22H19FN4O2S. The van der Waals surface area contributed by atoms with Crippen LogP contribution in [0.3, 0.4) is 0 Å². The zero-order valence-electron chi connectivity index (χ0n) is 16.0. The van der Waals surface area contributed by atoms with E-state index in [1.165, 1.54) is 18.2 Å². The van der Waals surface area contributed by atoms with Gasteiger partial charge < -0.3 is 5.32 Å². The van der Waals surface area contributed by atoms with E-state index < -0.39 is 0 Å². The predicted octanol–water partition coefficient (Wildman–Crippen LogP) is 3.28. The van der Waals surface area contributed by atoms with Gasteiger partial charge in [-0.1, -0.05) is 18.2 Å². The second kappa shape index (κ2) is 8.87. The highest BCUT2D eigenvalue weighted by Crippen LogP contribution is 2.13. The van der Waals surface area contributed by atoms with Crippen LogP contribution in [0.2, 0.25) is 0 Å². The molecule has 30 heavy (non-hydrogen) atoms. The number of pyridine rings is 1. The summed E-state index contributed by atoms with van der Waals surface area (Å²) in [5.74, 6) is -0.543. The molecule has 0 aliphatic carbocycles. The number of amides is 1. The Hall–Kier alpha value is -3.52. The van der Waals surface area contributed by atoms with E-state index in [0.29, 0.717) is 30.8 Å². The van der Waals surface area contributed by atoms with Crippen LogP contribution in [0.1, 0.15) is 10.4 Å². The van der Waals surface area contributed by atoms with Crippen molar-refractivity contribution in [2.24, 2.45) is 0 Å². The summed E-state index contributed by atoms with van der Waals surface area (Å²) in [7, 11) is 0. The molecule has 6 nitrogen and oxygen atoms in total. The third-order valence-corrected chi connectivity index (χ3v) is 5.44. The Balaban J connectivity index is 1.50. The topological polar surface area (TPSA) is 68.9 Å². The van der Waals surface area contributed by atoms with Crippen molar-refractivity contribution in [2.75, 3.05) is 6.54 Å². The Bertz CT molecular complexity index is 1240. The molecule has 0 bridgehead atoms. The quantitative estimate of drug-likeness (QED) is 0.465. The average molecular weight is 422 g/mol. The van der Waals surface area contributed by atoms with Crippen molar-refractivity contribution < 1.29 is 9.18 Å². The van der Waals surface area contributed by atoms with Crippen LogP contribution in [0.25, 0.3) is 17.2 Å². The minimum absolute atomic E-state index is 0.223. The van der Waals surface area contributed by atoms with Crippen molar-refractivity contribution >= 4 is 34.5 Å². The summed E-state index contributed by atoms with van der Waals surface area (Å²) in [6, 6.07) is 13.5. The summed E-state index contributed by atoms with van der Waals surface area (Å²) in [4.78, 5) is 30.4. The molecule has 0 fully saturated rings. The van der Waals surface area contributed by atoms with Crippen LogP contribution < -0.4 is 11.0 Å². The Kier molecular flexibility index (Phi) is 5.85. The number of imidazole rings is 1. The van der Waals surface area contributed by atoms with Crippen molar-refractivity contribution in [2.45, 2.75) is 13.1 Å². The van der Waals surface area contributed by atoms with Crippen LogP contribution in [-0.2, 0) is 17.9 Å². The number of fused-ring (bicyclic) bond motifs is 1. The van der Waals surface area contributed by atoms with Crippen LogP contribution in [-0.4, -0.2) is 26.6 Å². The minimum Gasteiger partial charge on any atom is -0.351 e. The first-order valence-corrected chi connectivity index (χ1v) is 10.3. The van der Waals surface area contributed by atoms with E-state index in [-0.39, 0.29) is 17.4 Å². The van der Waals surface area contributed by atoms with Gasteiger partial charge in [0.25, 0.3) is 0 Å². The molecule has 1 amide bonds. The monoisotopic (exact) mass is 422 g/mol. The van der Waals surface area contributed by atoms with E-state index in [2.05, 4.69) is 10.3 Å². The third kappa shape index (κ3) is 4.38. The van der Waals surface area contributed by atoms with Crippen LogP contribution in [0.15, 0.2) is 71.0 Å². The zero-order chi connectivity index (χ0) is 20.9. The fourth-order valence-electron chi connectivity index (χ4n) is 3.17. The normalized spacial score (nSPS) is 11.4. The molecule has 0 aliphatic rings. The van der Waals surface area contributed by atoms with Gasteiger partial charge in [-0.05, 0) is 47.4 Å². The standard InChI is InChI=1S/C22H19FN4O2S/c23-17-7-5-16(6-8-17)15-27-19-4-1-11-25-21(19)26(22(27)29)13-12-24-20(28)10-9-18-3-2-14-30-18/h1-11,14H,12-13,15H2,(H,24,28)/b10-9+. The fourth-order valence-corrected chi connectivity index (χ4v) is 3.78. The number of thiophene rings is 1. The van der Waals surface area contributed by atoms with Crippen LogP contribution in [0.4, 0.5) is 4.39 Å². The number of hydrogen-bond acceptors (Lipinski definition) is 4. The van der Waals surface area contributed by atoms with E-state index in [0.717, 1.165) is 10.4 Å². The first-order chi connectivity index (χ1) is 14.6. The number of carbonyl (C=O) groups excluding carboxylic acids is 1. The fraction of sp³-hybridized carbons (Fsp3) is 0.136. The predicted molar refractivity (Wildman–Crippen MR) is 116 cm³/mol. The van der Waals surface area contributed by atoms with Gasteiger partial charge in [0, 0.05) is 30.2 Å². The summed E-state index contributed by atoms with van der Waals surface area (Å²) in [5, 5.41) is 4.73. The van der Waals surface area contributed by atoms with Gasteiger partial charge >= 0.3 is 5.69 Å². The second-order valence-electron chi connectivity index (χ2n) is 6.63. The molecule has 4 aromatic rings. The molecule has 0 unspecified atom stereocenters. The number of halogens is 1. The minimum atomic E-state index is -0.320. The summed E-state index contributed by atoms with van der Waals surface area (Å²) in [6.07, 6.45) is 4.86. The zero-order valence-corrected chi connectivity index (χ0v) is 16.8. The highest BCUT2D eigenvalue weighted by Gasteiger charge is 2.14. The van der Waals surface area contributed by atoms with Gasteiger partial charge in [-0.3, -0.25) is 13.9 Å². The molecule has 0 spiro atoms. The summed E-state index contributed by atoms with van der Waals surface area (Å²) in [5.41, 5.74) is 1.83. The van der Waals surface area contributed by atoms with E-state index in [1.807, 2.05) is 23.6 Å². The van der Waals surface area contributed by atoms with Gasteiger partial charge in [0.15, 0.2) is 5.65 Å². The lowest BCUT2D eigenvalue weighted by atomic mass is 10.2. The van der Waals surface area contributed by atoms with Gasteiger partial charge in [-0.25, -0.2) is 14.2 Å². The Morgan fingerprint density at radius 1 is 1.13 bits per heavy atom. The molecule has 4 rings (SSSR count). The van der Waals surface area contributed by atoms with E-state index in [9.17, 15) is 14.0 Å². The number of hydrogen-bond donors (Lipinski definition) is 1. The average Bonchev–Trinajstić information content (AvgIpc) is 3.36. The van der Waals surface area contributed by atoms with Crippen LogP contribution >= 0.6 is 11.3 Å². The molecule has 3 heterocycles. The maximum absolute atomic E-state index is 13.2. The van der Waals surface area contributed by atoms with Gasteiger partial charge in [0.1, 0.15) is 5.82 Å². The van der Waals surface area contributed by atoms with Crippen molar-refractivity contribution in [1.82, 2.24) is 19.4 Å². The summed E-state index contributed by atoms with van der Waals surface area (Å²) < 4.78 is 16.3. The first-order valence-electron chi connectivity index (χ1n) is 9.40. The van der Waals surface area contributed by atoms with Crippen molar-refractivity contribution in [3.8, 4) is 0 Å². The molecule has 0 radical (unpaired) electrons. The largest absolute Gasteiger partial charge is 0.351 e. The van der Waals surface area contributed by atoms with E-state index in [1.54, 1.807) is 50.9 Å². The van der Waals surface area contributed by atoms with E-state index >= 15 is 0 Å². The van der Waals surface area contributed by atoms with Crippen molar-refractivity contribution in [3.63, 3.8) is 0 Å². The molecule has 0 atom stereocenters. The number of nitrogens with zero attached hydrogens (tertiary/aromatic N) is 3. The Morgan fingerprint density at radius 2 is 1.97 bits per heavy atom. The number of rotatable bonds is 7. The molecule has 152 valence electrons. The summed E-state index contributed by atoms with van der Waals surface area (Å²) in [6.45, 7) is 0.894. The number of aromatic nitrogens is 3. The Labute approximate surface area is 175 Å². The second-order valence-corrected chi connectivity index (χ2v) is 7.61. The molecule has 0 saturated heterocycles. The molecule has 1 aromatic carbocycles. The van der Waals surface area contributed by atoms with Gasteiger partial charge in [-0.15, -0.1) is 11.3 Å². The maximum atomic E-state index is 13.2. The Morgan fingerprint density at radius 3 is 2.73 bits per heavy atom. The summed E-state index contributed by atoms with van der Waals surface area (Å²) >= 11 is 1.55. The molecular weight excluding hydrogens is 403 g/mol.